The normalized spacial score (nSPS) is 20.8. The van der Waals surface area contributed by atoms with E-state index in [1.54, 1.807) is 11.1 Å². The highest BCUT2D eigenvalue weighted by Gasteiger charge is 2.57. The monoisotopic (exact) mass is 589 g/mol. The first-order valence-corrected chi connectivity index (χ1v) is 16.9. The van der Waals surface area contributed by atoms with Gasteiger partial charge in [-0.2, -0.15) is 0 Å². The molecule has 1 heteroatoms. The molecule has 3 aliphatic rings. The van der Waals surface area contributed by atoms with Crippen LogP contribution < -0.4 is 4.90 Å². The van der Waals surface area contributed by atoms with E-state index in [2.05, 4.69) is 157 Å². The molecule has 2 saturated carbocycles. The summed E-state index contributed by atoms with van der Waals surface area (Å²) in [7, 11) is 0. The topological polar surface area (TPSA) is 3.24 Å². The van der Waals surface area contributed by atoms with Gasteiger partial charge < -0.3 is 4.90 Å². The lowest BCUT2D eigenvalue weighted by Gasteiger charge is -2.37. The van der Waals surface area contributed by atoms with Crippen LogP contribution in [0.15, 0.2) is 152 Å². The van der Waals surface area contributed by atoms with Crippen LogP contribution in [-0.2, 0) is 5.41 Å². The second kappa shape index (κ2) is 9.93. The number of rotatable bonds is 4. The van der Waals surface area contributed by atoms with Crippen molar-refractivity contribution < 1.29 is 0 Å². The lowest BCUT2D eigenvalue weighted by atomic mass is 9.67. The maximum Gasteiger partial charge on any atom is 0.0543 e. The SMILES string of the molecule is c1ccc(-c2ccccc2N(c2ccc3c(ccc4ccccc43)c2)c2cccc3c2-c2ccccc2C32CC3CCC2C3)cc1. The maximum absolute atomic E-state index is 2.55. The number of hydrogen-bond acceptors (Lipinski definition) is 1. The molecule has 46 heavy (non-hydrogen) atoms. The molecule has 1 nitrogen and oxygen atoms in total. The summed E-state index contributed by atoms with van der Waals surface area (Å²) in [6.07, 6.45) is 5.40. The third-order valence-corrected chi connectivity index (χ3v) is 11.5. The first-order chi connectivity index (χ1) is 22.8. The Bertz CT molecular complexity index is 2300. The zero-order valence-electron chi connectivity index (χ0n) is 25.9. The minimum absolute atomic E-state index is 0.137. The van der Waals surface area contributed by atoms with Gasteiger partial charge in [0.15, 0.2) is 0 Å². The van der Waals surface area contributed by atoms with E-state index in [4.69, 9.17) is 0 Å². The van der Waals surface area contributed by atoms with Crippen LogP contribution in [-0.4, -0.2) is 0 Å². The van der Waals surface area contributed by atoms with Gasteiger partial charge in [-0.15, -0.1) is 0 Å². The highest BCUT2D eigenvalue weighted by Crippen LogP contribution is 2.67. The van der Waals surface area contributed by atoms with E-state index in [1.165, 1.54) is 86.5 Å². The zero-order chi connectivity index (χ0) is 30.2. The molecule has 0 aliphatic heterocycles. The van der Waals surface area contributed by atoms with Gasteiger partial charge in [-0.3, -0.25) is 0 Å². The summed E-state index contributed by atoms with van der Waals surface area (Å²) in [6, 6.07) is 56.7. The van der Waals surface area contributed by atoms with Crippen LogP contribution in [0.1, 0.15) is 36.8 Å². The van der Waals surface area contributed by atoms with E-state index in [9.17, 15) is 0 Å². The molecule has 0 aromatic heterocycles. The zero-order valence-corrected chi connectivity index (χ0v) is 25.9. The second-order valence-corrected chi connectivity index (χ2v) is 13.7. The lowest BCUT2D eigenvalue weighted by molar-refractivity contribution is 0.327. The van der Waals surface area contributed by atoms with Gasteiger partial charge >= 0.3 is 0 Å². The smallest absolute Gasteiger partial charge is 0.0543 e. The fraction of sp³-hybridized carbons (Fsp3) is 0.156. The van der Waals surface area contributed by atoms with Crippen molar-refractivity contribution in [2.24, 2.45) is 11.8 Å². The quantitative estimate of drug-likeness (QED) is 0.185. The summed E-state index contributed by atoms with van der Waals surface area (Å²) in [5.41, 5.74) is 12.2. The fourth-order valence-corrected chi connectivity index (χ4v) is 9.68. The van der Waals surface area contributed by atoms with Crippen molar-refractivity contribution in [3.63, 3.8) is 0 Å². The minimum Gasteiger partial charge on any atom is -0.309 e. The van der Waals surface area contributed by atoms with Crippen molar-refractivity contribution in [3.8, 4) is 22.3 Å². The highest BCUT2D eigenvalue weighted by molar-refractivity contribution is 6.09. The molecule has 2 fully saturated rings. The van der Waals surface area contributed by atoms with Crippen molar-refractivity contribution >= 4 is 38.6 Å². The lowest BCUT2D eigenvalue weighted by Crippen LogP contribution is -2.31. The number of benzene rings is 7. The predicted octanol–water partition coefficient (Wildman–Crippen LogP) is 12.2. The fourth-order valence-electron chi connectivity index (χ4n) is 9.68. The summed E-state index contributed by atoms with van der Waals surface area (Å²) < 4.78 is 0. The second-order valence-electron chi connectivity index (χ2n) is 13.7. The predicted molar refractivity (Wildman–Crippen MR) is 193 cm³/mol. The molecule has 2 bridgehead atoms. The van der Waals surface area contributed by atoms with Crippen LogP contribution >= 0.6 is 0 Å². The summed E-state index contributed by atoms with van der Waals surface area (Å²) >= 11 is 0. The van der Waals surface area contributed by atoms with Crippen molar-refractivity contribution in [1.29, 1.82) is 0 Å². The Morgan fingerprint density at radius 2 is 1.24 bits per heavy atom. The van der Waals surface area contributed by atoms with E-state index in [0.717, 1.165) is 11.8 Å². The molecule has 1 spiro atoms. The number of hydrogen-bond donors (Lipinski definition) is 0. The van der Waals surface area contributed by atoms with Crippen LogP contribution in [0, 0.1) is 11.8 Å². The largest absolute Gasteiger partial charge is 0.309 e. The highest BCUT2D eigenvalue weighted by atomic mass is 15.1. The number of fused-ring (bicyclic) bond motifs is 11. The number of anilines is 3. The average Bonchev–Trinajstić information content (AvgIpc) is 3.82. The van der Waals surface area contributed by atoms with Gasteiger partial charge in [-0.1, -0.05) is 134 Å². The van der Waals surface area contributed by atoms with Crippen LogP contribution in [0.4, 0.5) is 17.1 Å². The average molecular weight is 590 g/mol. The van der Waals surface area contributed by atoms with E-state index < -0.39 is 0 Å². The van der Waals surface area contributed by atoms with Gasteiger partial charge in [0, 0.05) is 22.2 Å². The van der Waals surface area contributed by atoms with Gasteiger partial charge in [0.2, 0.25) is 0 Å². The van der Waals surface area contributed by atoms with Crippen LogP contribution in [0.2, 0.25) is 0 Å². The number of para-hydroxylation sites is 1. The van der Waals surface area contributed by atoms with E-state index in [1.807, 2.05) is 0 Å². The summed E-state index contributed by atoms with van der Waals surface area (Å²) in [6.45, 7) is 0. The molecule has 7 aromatic carbocycles. The van der Waals surface area contributed by atoms with Gasteiger partial charge in [0.25, 0.3) is 0 Å². The molecule has 220 valence electrons. The molecule has 3 unspecified atom stereocenters. The van der Waals surface area contributed by atoms with Gasteiger partial charge in [-0.25, -0.2) is 0 Å². The Kier molecular flexibility index (Phi) is 5.64. The van der Waals surface area contributed by atoms with Gasteiger partial charge in [0.1, 0.15) is 0 Å². The van der Waals surface area contributed by atoms with E-state index in [-0.39, 0.29) is 5.41 Å². The molecule has 3 atom stereocenters. The van der Waals surface area contributed by atoms with Crippen molar-refractivity contribution in [2.75, 3.05) is 4.90 Å². The molecule has 7 aromatic rings. The Morgan fingerprint density at radius 1 is 0.522 bits per heavy atom. The van der Waals surface area contributed by atoms with Gasteiger partial charge in [-0.05, 0) is 99.2 Å². The van der Waals surface area contributed by atoms with E-state index >= 15 is 0 Å². The molecule has 0 saturated heterocycles. The van der Waals surface area contributed by atoms with Crippen molar-refractivity contribution in [3.05, 3.63) is 163 Å². The first-order valence-electron chi connectivity index (χ1n) is 16.9. The summed E-state index contributed by atoms with van der Waals surface area (Å²) in [5, 5.41) is 5.14. The Hall–Kier alpha value is -5.14. The van der Waals surface area contributed by atoms with Crippen molar-refractivity contribution in [2.45, 2.75) is 31.1 Å². The Labute approximate surface area is 270 Å². The molecule has 3 aliphatic carbocycles. The maximum atomic E-state index is 2.55. The molecular formula is C45H35N. The van der Waals surface area contributed by atoms with Crippen LogP contribution in [0.25, 0.3) is 43.8 Å². The summed E-state index contributed by atoms with van der Waals surface area (Å²) in [5.74, 6) is 1.58. The molecule has 0 N–H and O–H groups in total. The first kappa shape index (κ1) is 26.1. The number of nitrogens with zero attached hydrogens (tertiary/aromatic N) is 1. The molecule has 0 amide bonds. The molecular weight excluding hydrogens is 555 g/mol. The molecule has 0 radical (unpaired) electrons. The van der Waals surface area contributed by atoms with Crippen molar-refractivity contribution in [1.82, 2.24) is 0 Å². The minimum atomic E-state index is 0.137. The van der Waals surface area contributed by atoms with Crippen LogP contribution in [0.5, 0.6) is 0 Å². The molecule has 0 heterocycles. The van der Waals surface area contributed by atoms with Crippen LogP contribution in [0.3, 0.4) is 0 Å². The molecule has 10 rings (SSSR count). The van der Waals surface area contributed by atoms with Gasteiger partial charge in [0.05, 0.1) is 11.4 Å². The third-order valence-electron chi connectivity index (χ3n) is 11.5. The Morgan fingerprint density at radius 3 is 2.11 bits per heavy atom. The summed E-state index contributed by atoms with van der Waals surface area (Å²) in [4.78, 5) is 2.55. The standard InChI is InChI=1S/C45H35N/c1-2-11-31(12-3-1)38-15-7-9-19-42(38)46(35-25-26-37-33(28-35)23-22-32-13-4-5-14-36(32)37)43-20-10-18-41-44(43)39-16-6-8-17-40(39)45(41)29-30-21-24-34(45)27-30/h1-20,22-23,25-26,28,30,34H,21,24,27,29H2. The third kappa shape index (κ3) is 3.63. The van der Waals surface area contributed by atoms with E-state index in [0.29, 0.717) is 0 Å². The Balaban J connectivity index is 1.26.